The number of rotatable bonds is 5. The van der Waals surface area contributed by atoms with E-state index in [1.165, 1.54) is 24.1 Å². The number of benzene rings is 3. The fourth-order valence-corrected chi connectivity index (χ4v) is 4.00. The molecular weight excluding hydrogens is 385 g/mol. The first-order valence-electron chi connectivity index (χ1n) is 9.48. The molecule has 0 spiro atoms. The average Bonchev–Trinajstić information content (AvgIpc) is 2.76. The Morgan fingerprint density at radius 3 is 2.50 bits per heavy atom. The molecule has 3 aromatic rings. The average molecular weight is 404 g/mol. The van der Waals surface area contributed by atoms with Gasteiger partial charge >= 0.3 is 0 Å². The second-order valence-electron chi connectivity index (χ2n) is 7.16. The summed E-state index contributed by atoms with van der Waals surface area (Å²) in [6, 6.07) is 18.7. The molecule has 0 saturated heterocycles. The van der Waals surface area contributed by atoms with E-state index in [-0.39, 0.29) is 18.3 Å². The van der Waals surface area contributed by atoms with Gasteiger partial charge in [0.1, 0.15) is 11.6 Å². The van der Waals surface area contributed by atoms with Crippen LogP contribution < -0.4 is 9.84 Å². The van der Waals surface area contributed by atoms with E-state index in [2.05, 4.69) is 0 Å². The molecule has 0 bridgehead atoms. The van der Waals surface area contributed by atoms with Crippen molar-refractivity contribution in [1.29, 1.82) is 0 Å². The third-order valence-electron chi connectivity index (χ3n) is 5.39. The zero-order valence-corrected chi connectivity index (χ0v) is 16.2. The number of ether oxygens (including phenoxy) is 1. The zero-order valence-electron chi connectivity index (χ0n) is 16.2. The summed E-state index contributed by atoms with van der Waals surface area (Å²) in [7, 11) is 1.52. The van der Waals surface area contributed by atoms with Crippen LogP contribution in [0, 0.1) is 5.82 Å². The predicted molar refractivity (Wildman–Crippen MR) is 106 cm³/mol. The van der Waals surface area contributed by atoms with Gasteiger partial charge in [0.15, 0.2) is 0 Å². The normalized spacial score (nSPS) is 18.1. The van der Waals surface area contributed by atoms with Gasteiger partial charge in [-0.25, -0.2) is 4.39 Å². The highest BCUT2D eigenvalue weighted by molar-refractivity contribution is 6.00. The molecule has 30 heavy (non-hydrogen) atoms. The smallest absolute Gasteiger partial charge is 0.255 e. The summed E-state index contributed by atoms with van der Waals surface area (Å²) in [6.45, 7) is 0.124. The number of aliphatic carboxylic acids is 1. The monoisotopic (exact) mass is 404 g/mol. The Bertz CT molecular complexity index is 1100. The summed E-state index contributed by atoms with van der Waals surface area (Å²) in [5, 5.41) is 12.3. The molecule has 0 fully saturated rings. The van der Waals surface area contributed by atoms with Crippen molar-refractivity contribution in [1.82, 2.24) is 4.90 Å². The molecule has 4 rings (SSSR count). The lowest BCUT2D eigenvalue weighted by Crippen LogP contribution is -2.47. The summed E-state index contributed by atoms with van der Waals surface area (Å²) >= 11 is 0. The predicted octanol–water partition coefficient (Wildman–Crippen LogP) is 3.07. The second-order valence-corrected chi connectivity index (χ2v) is 7.16. The Morgan fingerprint density at radius 1 is 1.07 bits per heavy atom. The Morgan fingerprint density at radius 2 is 1.80 bits per heavy atom. The largest absolute Gasteiger partial charge is 0.549 e. The summed E-state index contributed by atoms with van der Waals surface area (Å²) in [5.41, 5.74) is 2.06. The first-order chi connectivity index (χ1) is 14.5. The third-order valence-corrected chi connectivity index (χ3v) is 5.39. The van der Waals surface area contributed by atoms with Crippen LogP contribution >= 0.6 is 0 Å². The number of methoxy groups -OCH3 is 1. The van der Waals surface area contributed by atoms with Crippen LogP contribution in [0.5, 0.6) is 5.75 Å². The number of carbonyl (C=O) groups is 2. The molecule has 3 aromatic carbocycles. The van der Waals surface area contributed by atoms with Crippen molar-refractivity contribution in [2.24, 2.45) is 0 Å². The quantitative estimate of drug-likeness (QED) is 0.655. The summed E-state index contributed by atoms with van der Waals surface area (Å²) in [5.74, 6) is -2.46. The van der Waals surface area contributed by atoms with Crippen LogP contribution in [-0.2, 0) is 11.3 Å². The van der Waals surface area contributed by atoms with Crippen molar-refractivity contribution in [2.45, 2.75) is 18.5 Å². The second kappa shape index (κ2) is 7.99. The Hall–Kier alpha value is -3.67. The van der Waals surface area contributed by atoms with Gasteiger partial charge in [-0.2, -0.15) is 0 Å². The van der Waals surface area contributed by atoms with Gasteiger partial charge in [-0.3, -0.25) is 4.79 Å². The van der Waals surface area contributed by atoms with E-state index in [0.29, 0.717) is 28.0 Å². The number of carboxylic acid groups (broad SMARTS) is 1. The highest BCUT2D eigenvalue weighted by Gasteiger charge is 2.41. The number of amides is 1. The molecule has 0 saturated carbocycles. The number of halogens is 1. The van der Waals surface area contributed by atoms with Gasteiger partial charge < -0.3 is 19.5 Å². The van der Waals surface area contributed by atoms with Gasteiger partial charge in [0, 0.05) is 18.0 Å². The molecule has 5 nitrogen and oxygen atoms in total. The van der Waals surface area contributed by atoms with Gasteiger partial charge in [0.05, 0.1) is 19.1 Å². The minimum Gasteiger partial charge on any atom is -0.549 e. The number of hydrogen-bond acceptors (Lipinski definition) is 4. The summed E-state index contributed by atoms with van der Waals surface area (Å²) in [4.78, 5) is 27.2. The minimum atomic E-state index is -1.27. The lowest BCUT2D eigenvalue weighted by atomic mass is 9.79. The van der Waals surface area contributed by atoms with E-state index in [0.717, 1.165) is 0 Å². The van der Waals surface area contributed by atoms with Crippen molar-refractivity contribution >= 4 is 11.9 Å². The van der Waals surface area contributed by atoms with Crippen molar-refractivity contribution in [2.75, 3.05) is 7.11 Å². The third kappa shape index (κ3) is 3.52. The fourth-order valence-electron chi connectivity index (χ4n) is 4.00. The molecule has 2 atom stereocenters. The summed E-state index contributed by atoms with van der Waals surface area (Å²) in [6.07, 6.45) is 0. The van der Waals surface area contributed by atoms with Crippen LogP contribution in [0.4, 0.5) is 4.39 Å². The van der Waals surface area contributed by atoms with Crippen molar-refractivity contribution in [3.05, 3.63) is 101 Å². The number of carbonyl (C=O) groups excluding carboxylic acids is 2. The standard InChI is InChI=1S/C24H20FNO4/c1-30-18-6-4-5-16(13-18)22-21(24(28)29)19-7-2-3-8-20(19)23(27)26(22)14-15-9-11-17(25)12-10-15/h2-13,21-22H,14H2,1H3,(H,28,29)/p-1/t21-,22-/m0/s1. The molecule has 1 aliphatic heterocycles. The van der Waals surface area contributed by atoms with E-state index in [1.807, 2.05) is 0 Å². The molecule has 0 unspecified atom stereocenters. The lowest BCUT2D eigenvalue weighted by Gasteiger charge is -2.43. The summed E-state index contributed by atoms with van der Waals surface area (Å²) < 4.78 is 18.6. The molecule has 1 amide bonds. The maximum absolute atomic E-state index is 13.4. The van der Waals surface area contributed by atoms with Crippen LogP contribution in [0.1, 0.15) is 39.0 Å². The number of nitrogens with zero attached hydrogens (tertiary/aromatic N) is 1. The Labute approximate surface area is 173 Å². The van der Waals surface area contributed by atoms with E-state index in [9.17, 15) is 19.1 Å². The van der Waals surface area contributed by atoms with Gasteiger partial charge in [0.25, 0.3) is 5.91 Å². The van der Waals surface area contributed by atoms with E-state index in [4.69, 9.17) is 4.74 Å². The van der Waals surface area contributed by atoms with Crippen molar-refractivity contribution in [3.63, 3.8) is 0 Å². The van der Waals surface area contributed by atoms with Crippen LogP contribution in [0.15, 0.2) is 72.8 Å². The van der Waals surface area contributed by atoms with E-state index in [1.54, 1.807) is 60.7 Å². The number of carboxylic acids is 1. The molecule has 0 radical (unpaired) electrons. The number of fused-ring (bicyclic) bond motifs is 1. The van der Waals surface area contributed by atoms with Gasteiger partial charge in [-0.05, 0) is 47.0 Å². The van der Waals surface area contributed by atoms with Crippen LogP contribution in [0.25, 0.3) is 0 Å². The van der Waals surface area contributed by atoms with Gasteiger partial charge in [0.2, 0.25) is 0 Å². The highest BCUT2D eigenvalue weighted by atomic mass is 19.1. The lowest BCUT2D eigenvalue weighted by molar-refractivity contribution is -0.309. The maximum atomic E-state index is 13.4. The van der Waals surface area contributed by atoms with E-state index < -0.39 is 17.9 Å². The van der Waals surface area contributed by atoms with E-state index >= 15 is 0 Å². The molecule has 1 aliphatic rings. The first-order valence-corrected chi connectivity index (χ1v) is 9.48. The van der Waals surface area contributed by atoms with Crippen LogP contribution in [0.2, 0.25) is 0 Å². The zero-order chi connectivity index (χ0) is 21.3. The molecule has 0 N–H and O–H groups in total. The molecule has 0 aliphatic carbocycles. The SMILES string of the molecule is COc1cccc([C@H]2[C@@H](C(=O)[O-])c3ccccc3C(=O)N2Cc2ccc(F)cc2)c1. The topological polar surface area (TPSA) is 69.7 Å². The van der Waals surface area contributed by atoms with Crippen molar-refractivity contribution < 1.29 is 23.8 Å². The van der Waals surface area contributed by atoms with Crippen LogP contribution in [0.3, 0.4) is 0 Å². The van der Waals surface area contributed by atoms with Gasteiger partial charge in [-0.15, -0.1) is 0 Å². The molecule has 1 heterocycles. The minimum absolute atomic E-state index is 0.124. The molecular formula is C24H19FNO4-. The Kier molecular flexibility index (Phi) is 5.23. The molecule has 6 heteroatoms. The molecule has 0 aromatic heterocycles. The van der Waals surface area contributed by atoms with Crippen LogP contribution in [-0.4, -0.2) is 23.9 Å². The fraction of sp³-hybridized carbons (Fsp3) is 0.167. The number of hydrogen-bond donors (Lipinski definition) is 0. The molecule has 152 valence electrons. The highest BCUT2D eigenvalue weighted by Crippen LogP contribution is 2.43. The van der Waals surface area contributed by atoms with Gasteiger partial charge in [-0.1, -0.05) is 42.5 Å². The Balaban J connectivity index is 1.88. The maximum Gasteiger partial charge on any atom is 0.255 e. The van der Waals surface area contributed by atoms with Crippen molar-refractivity contribution in [3.8, 4) is 5.75 Å². The first kappa shape index (κ1) is 19.6.